The number of rotatable bonds is 7. The van der Waals surface area contributed by atoms with Gasteiger partial charge in [-0.3, -0.25) is 0 Å². The van der Waals surface area contributed by atoms with Crippen molar-refractivity contribution in [2.45, 2.75) is 43.9 Å². The van der Waals surface area contributed by atoms with Crippen molar-refractivity contribution in [2.75, 3.05) is 18.0 Å². The van der Waals surface area contributed by atoms with Crippen molar-refractivity contribution >= 4 is 37.5 Å². The van der Waals surface area contributed by atoms with E-state index in [1.54, 1.807) is 41.8 Å². The third kappa shape index (κ3) is 3.84. The Hall–Kier alpha value is -2.97. The normalized spacial score (nSPS) is 16.2. The first-order valence-electron chi connectivity index (χ1n) is 11.7. The molecule has 4 aromatic rings. The maximum Gasteiger partial charge on any atom is 0.269 e. The Balaban J connectivity index is 1.83. The second-order valence-electron chi connectivity index (χ2n) is 8.37. The number of hydrogen-bond acceptors (Lipinski definition) is 6. The van der Waals surface area contributed by atoms with Crippen LogP contribution in [0.4, 0.5) is 5.13 Å². The molecule has 1 unspecified atom stereocenters. The van der Waals surface area contributed by atoms with Gasteiger partial charge in [0.05, 0.1) is 16.3 Å². The van der Waals surface area contributed by atoms with Gasteiger partial charge < -0.3 is 4.90 Å². The van der Waals surface area contributed by atoms with Crippen LogP contribution in [0.15, 0.2) is 71.1 Å². The largest absolute Gasteiger partial charge is 0.349 e. The minimum Gasteiger partial charge on any atom is -0.349 e. The van der Waals surface area contributed by atoms with Crippen molar-refractivity contribution < 1.29 is 8.42 Å². The zero-order chi connectivity index (χ0) is 23.7. The average Bonchev–Trinajstić information content (AvgIpc) is 3.49. The summed E-state index contributed by atoms with van der Waals surface area (Å²) in [4.78, 5) is 12.0. The van der Waals surface area contributed by atoms with Gasteiger partial charge in [-0.05, 0) is 57.4 Å². The van der Waals surface area contributed by atoms with Gasteiger partial charge in [0.15, 0.2) is 10.8 Å². The molecule has 0 spiro atoms. The average molecular weight is 493 g/mol. The number of aromatic nitrogens is 3. The summed E-state index contributed by atoms with van der Waals surface area (Å²) in [5.41, 5.74) is 2.88. The van der Waals surface area contributed by atoms with Crippen LogP contribution in [-0.4, -0.2) is 35.4 Å². The van der Waals surface area contributed by atoms with E-state index >= 15 is 0 Å². The summed E-state index contributed by atoms with van der Waals surface area (Å²) in [5.74, 6) is -0.0324. The van der Waals surface area contributed by atoms with Gasteiger partial charge in [0.1, 0.15) is 0 Å². The van der Waals surface area contributed by atoms with Crippen LogP contribution in [-0.2, 0) is 10.0 Å². The molecule has 6 nitrogen and oxygen atoms in total. The zero-order valence-electron chi connectivity index (χ0n) is 19.4. The third-order valence-electron chi connectivity index (χ3n) is 6.39. The number of pyridine rings is 1. The lowest BCUT2D eigenvalue weighted by Crippen LogP contribution is -2.21. The van der Waals surface area contributed by atoms with Crippen molar-refractivity contribution in [3.05, 3.63) is 71.9 Å². The highest BCUT2D eigenvalue weighted by Gasteiger charge is 2.33. The molecule has 0 amide bonds. The van der Waals surface area contributed by atoms with Gasteiger partial charge in [0.25, 0.3) is 10.0 Å². The summed E-state index contributed by atoms with van der Waals surface area (Å²) in [6, 6.07) is 12.4. The summed E-state index contributed by atoms with van der Waals surface area (Å²) < 4.78 is 29.5. The Bertz CT molecular complexity index is 1430. The van der Waals surface area contributed by atoms with E-state index in [0.717, 1.165) is 59.8 Å². The molecule has 0 saturated heterocycles. The van der Waals surface area contributed by atoms with Gasteiger partial charge in [0, 0.05) is 41.5 Å². The fourth-order valence-electron chi connectivity index (χ4n) is 4.71. The molecule has 1 aromatic carbocycles. The van der Waals surface area contributed by atoms with Gasteiger partial charge in [-0.2, -0.15) is 0 Å². The lowest BCUT2D eigenvalue weighted by molar-refractivity contribution is 0.579. The number of anilines is 1. The van der Waals surface area contributed by atoms with E-state index in [1.165, 1.54) is 3.97 Å². The Morgan fingerprint density at radius 2 is 1.91 bits per heavy atom. The minimum atomic E-state index is -3.87. The molecule has 1 aliphatic rings. The number of allylic oxidation sites excluding steroid dienone is 2. The van der Waals surface area contributed by atoms with E-state index in [2.05, 4.69) is 35.9 Å². The molecule has 0 saturated carbocycles. The monoisotopic (exact) mass is 492 g/mol. The summed E-state index contributed by atoms with van der Waals surface area (Å²) >= 11 is 1.60. The van der Waals surface area contributed by atoms with Crippen molar-refractivity contribution in [1.82, 2.24) is 13.9 Å². The van der Waals surface area contributed by atoms with Crippen LogP contribution in [0.3, 0.4) is 0 Å². The Morgan fingerprint density at radius 1 is 1.12 bits per heavy atom. The minimum absolute atomic E-state index is 0.0324. The van der Waals surface area contributed by atoms with E-state index in [4.69, 9.17) is 4.98 Å². The maximum absolute atomic E-state index is 14.0. The van der Waals surface area contributed by atoms with Gasteiger partial charge in [0.2, 0.25) is 0 Å². The molecule has 0 bridgehead atoms. The number of fused-ring (bicyclic) bond motifs is 1. The summed E-state index contributed by atoms with van der Waals surface area (Å²) in [7, 11) is -3.87. The third-order valence-corrected chi connectivity index (χ3v) is 9.01. The van der Waals surface area contributed by atoms with Crippen LogP contribution in [0.2, 0.25) is 0 Å². The molecule has 8 heteroatoms. The predicted molar refractivity (Wildman–Crippen MR) is 139 cm³/mol. The Kier molecular flexibility index (Phi) is 6.27. The van der Waals surface area contributed by atoms with Crippen LogP contribution in [0, 0.1) is 0 Å². The van der Waals surface area contributed by atoms with Crippen molar-refractivity contribution in [3.8, 4) is 11.3 Å². The fourth-order valence-corrected chi connectivity index (χ4v) is 7.23. The van der Waals surface area contributed by atoms with E-state index in [0.29, 0.717) is 5.65 Å². The van der Waals surface area contributed by atoms with Crippen LogP contribution in [0.25, 0.3) is 22.3 Å². The highest BCUT2D eigenvalue weighted by Crippen LogP contribution is 2.43. The molecule has 1 aliphatic carbocycles. The molecule has 3 aromatic heterocycles. The van der Waals surface area contributed by atoms with E-state index in [-0.39, 0.29) is 10.8 Å². The topological polar surface area (TPSA) is 68.1 Å². The quantitative estimate of drug-likeness (QED) is 0.293. The van der Waals surface area contributed by atoms with Crippen molar-refractivity contribution in [3.63, 3.8) is 0 Å². The van der Waals surface area contributed by atoms with E-state index < -0.39 is 10.0 Å². The number of nitrogens with zero attached hydrogens (tertiary/aromatic N) is 4. The fraction of sp³-hybridized carbons (Fsp3) is 0.308. The summed E-state index contributed by atoms with van der Waals surface area (Å²) in [5, 5.41) is 3.80. The predicted octanol–water partition coefficient (Wildman–Crippen LogP) is 6.07. The zero-order valence-corrected chi connectivity index (χ0v) is 21.0. The maximum atomic E-state index is 14.0. The number of hydrogen-bond donors (Lipinski definition) is 0. The molecule has 3 heterocycles. The standard InChI is InChI=1S/C26H28N4O2S2/c1-3-29(4-2)26-28-22(18-33-26)23-21-16-11-17-27-25(21)30(24(23)19-12-7-5-8-13-19)34(31,32)20-14-9-6-10-15-20/h6-7,9-12,14-19H,3-5,8,13H2,1-2H3. The molecule has 176 valence electrons. The van der Waals surface area contributed by atoms with Gasteiger partial charge in [-0.15, -0.1) is 11.3 Å². The molecule has 0 N–H and O–H groups in total. The second kappa shape index (κ2) is 9.35. The smallest absolute Gasteiger partial charge is 0.269 e. The SMILES string of the molecule is CCN(CC)c1nc(-c2c(C3C=CCCC3)n(S(=O)(=O)c3ccccc3)c3ncccc23)cs1. The van der Waals surface area contributed by atoms with Gasteiger partial charge in [-0.25, -0.2) is 22.4 Å². The van der Waals surface area contributed by atoms with Crippen LogP contribution < -0.4 is 4.90 Å². The molecule has 5 rings (SSSR count). The highest BCUT2D eigenvalue weighted by molar-refractivity contribution is 7.90. The lowest BCUT2D eigenvalue weighted by atomic mass is 9.90. The Morgan fingerprint density at radius 3 is 2.62 bits per heavy atom. The van der Waals surface area contributed by atoms with Gasteiger partial charge in [-0.1, -0.05) is 30.4 Å². The highest BCUT2D eigenvalue weighted by atomic mass is 32.2. The summed E-state index contributed by atoms with van der Waals surface area (Å²) in [6.07, 6.45) is 8.88. The van der Waals surface area contributed by atoms with E-state index in [9.17, 15) is 8.42 Å². The van der Waals surface area contributed by atoms with E-state index in [1.807, 2.05) is 23.6 Å². The van der Waals surface area contributed by atoms with Gasteiger partial charge >= 0.3 is 0 Å². The number of thiazole rings is 1. The first kappa shape index (κ1) is 22.8. The van der Waals surface area contributed by atoms with Crippen LogP contribution >= 0.6 is 11.3 Å². The first-order valence-corrected chi connectivity index (χ1v) is 14.1. The van der Waals surface area contributed by atoms with Crippen LogP contribution in [0.1, 0.15) is 44.7 Å². The molecular weight excluding hydrogens is 464 g/mol. The van der Waals surface area contributed by atoms with Crippen molar-refractivity contribution in [2.24, 2.45) is 0 Å². The molecule has 0 aliphatic heterocycles. The lowest BCUT2D eigenvalue weighted by Gasteiger charge is -2.21. The van der Waals surface area contributed by atoms with Crippen molar-refractivity contribution in [1.29, 1.82) is 0 Å². The molecule has 0 fully saturated rings. The first-order chi connectivity index (χ1) is 16.6. The molecular formula is C26H28N4O2S2. The second-order valence-corrected chi connectivity index (χ2v) is 11.0. The number of benzene rings is 1. The summed E-state index contributed by atoms with van der Waals surface area (Å²) in [6.45, 7) is 5.97. The molecule has 34 heavy (non-hydrogen) atoms. The van der Waals surface area contributed by atoms with Crippen LogP contribution in [0.5, 0.6) is 0 Å². The molecule has 1 atom stereocenters. The Labute approximate surface area is 204 Å². The molecule has 0 radical (unpaired) electrons.